The molecule has 3 aromatic rings. The molecule has 6 heteroatoms. The molecule has 0 spiro atoms. The molecule has 3 nitrogen and oxygen atoms in total. The zero-order valence-electron chi connectivity index (χ0n) is 11.5. The minimum atomic E-state index is -0.949. The first-order valence-corrected chi connectivity index (χ1v) is 6.65. The summed E-state index contributed by atoms with van der Waals surface area (Å²) in [6.45, 7) is 0. The Morgan fingerprint density at radius 1 is 1.25 bits per heavy atom. The van der Waals surface area contributed by atoms with E-state index in [9.17, 15) is 4.79 Å². The molecule has 1 heterocycles. The molecule has 0 fully saturated rings. The van der Waals surface area contributed by atoms with E-state index >= 15 is 0 Å². The number of pyridine rings is 1. The van der Waals surface area contributed by atoms with Crippen molar-refractivity contribution in [3.63, 3.8) is 0 Å². The second-order valence-electron chi connectivity index (χ2n) is 4.12. The van der Waals surface area contributed by atoms with Crippen LogP contribution in [0.25, 0.3) is 21.5 Å². The fraction of sp³-hybridized carbons (Fsp3) is 0. The first-order chi connectivity index (χ1) is 9.08. The molecule has 1 aromatic heterocycles. The summed E-state index contributed by atoms with van der Waals surface area (Å²) in [6, 6.07) is 8.73. The van der Waals surface area contributed by atoms with Crippen LogP contribution in [0.3, 0.4) is 0 Å². The number of aromatic nitrogens is 1. The predicted molar refractivity (Wildman–Crippen MR) is 80.0 cm³/mol. The third-order valence-corrected chi connectivity index (χ3v) is 3.95. The van der Waals surface area contributed by atoms with Gasteiger partial charge in [0.05, 0.1) is 5.56 Å². The molecule has 0 aliphatic rings. The topological polar surface area (TPSA) is 50.2 Å². The number of aromatic carboxylic acids is 1. The molecule has 0 aliphatic heterocycles. The molecule has 0 atom stereocenters. The van der Waals surface area contributed by atoms with E-state index in [-0.39, 0.29) is 36.5 Å². The Balaban J connectivity index is 0.00000110. The van der Waals surface area contributed by atoms with Gasteiger partial charge in [-0.05, 0) is 35.0 Å². The number of rotatable bonds is 1. The maximum Gasteiger partial charge on any atom is 1.00 e. The molecule has 0 saturated heterocycles. The Morgan fingerprint density at radius 3 is 2.70 bits per heavy atom. The van der Waals surface area contributed by atoms with Crippen LogP contribution in [-0.2, 0) is 0 Å². The van der Waals surface area contributed by atoms with E-state index in [1.165, 1.54) is 0 Å². The number of nitrogens with zero attached hydrogens (tertiary/aromatic N) is 1. The van der Waals surface area contributed by atoms with E-state index < -0.39 is 5.97 Å². The van der Waals surface area contributed by atoms with Gasteiger partial charge in [-0.2, -0.15) is 0 Å². The molecule has 2 aromatic carbocycles. The van der Waals surface area contributed by atoms with Gasteiger partial charge in [-0.3, -0.25) is 0 Å². The van der Waals surface area contributed by atoms with Crippen molar-refractivity contribution in [2.24, 2.45) is 0 Å². The van der Waals surface area contributed by atoms with E-state index in [0.29, 0.717) is 5.15 Å². The number of hydrogen-bond donors (Lipinski definition) is 1. The van der Waals surface area contributed by atoms with E-state index in [2.05, 4.69) is 20.9 Å². The van der Waals surface area contributed by atoms with Gasteiger partial charge in [-0.25, -0.2) is 9.78 Å². The average molecular weight is 361 g/mol. The summed E-state index contributed by atoms with van der Waals surface area (Å²) in [4.78, 5) is 15.1. The summed E-state index contributed by atoms with van der Waals surface area (Å²) in [5, 5.41) is 12.9. The number of benzene rings is 2. The zero-order chi connectivity index (χ0) is 13.6. The first-order valence-electron chi connectivity index (χ1n) is 5.47. The van der Waals surface area contributed by atoms with E-state index in [4.69, 9.17) is 16.7 Å². The van der Waals surface area contributed by atoms with Crippen molar-refractivity contribution in [2.75, 3.05) is 0 Å². The zero-order valence-corrected chi connectivity index (χ0v) is 14.9. The van der Waals surface area contributed by atoms with Crippen LogP contribution in [0.5, 0.6) is 0 Å². The van der Waals surface area contributed by atoms with E-state index in [1.807, 2.05) is 12.1 Å². The van der Waals surface area contributed by atoms with Gasteiger partial charge in [0.2, 0.25) is 0 Å². The Hall–Kier alpha value is -0.650. The third-order valence-electron chi connectivity index (χ3n) is 3.01. The van der Waals surface area contributed by atoms with Crippen LogP contribution in [0.15, 0.2) is 41.0 Å². The molecule has 20 heavy (non-hydrogen) atoms. The number of fused-ring (bicyclic) bond motifs is 3. The molecule has 3 rings (SSSR count). The van der Waals surface area contributed by atoms with Crippen LogP contribution in [0.2, 0.25) is 5.15 Å². The summed E-state index contributed by atoms with van der Waals surface area (Å²) in [6.07, 6.45) is 1.65. The van der Waals surface area contributed by atoms with Crippen molar-refractivity contribution in [3.05, 3.63) is 51.7 Å². The fourth-order valence-corrected chi connectivity index (χ4v) is 2.99. The Morgan fingerprint density at radius 2 is 2.00 bits per heavy atom. The van der Waals surface area contributed by atoms with Crippen molar-refractivity contribution in [1.29, 1.82) is 0 Å². The van der Waals surface area contributed by atoms with Gasteiger partial charge in [0, 0.05) is 21.4 Å². The van der Waals surface area contributed by atoms with Crippen LogP contribution in [0.1, 0.15) is 11.8 Å². The summed E-state index contributed by atoms with van der Waals surface area (Å²) < 4.78 is 0.863. The normalized spacial score (nSPS) is 10.5. The third kappa shape index (κ3) is 2.59. The smallest absolute Gasteiger partial charge is 1.00 e. The van der Waals surface area contributed by atoms with Crippen LogP contribution in [0.4, 0.5) is 0 Å². The molecule has 0 saturated carbocycles. The van der Waals surface area contributed by atoms with Gasteiger partial charge < -0.3 is 6.53 Å². The number of carboxylic acids is 1. The number of halogens is 2. The molecular weight excluding hydrogens is 353 g/mol. The summed E-state index contributed by atoms with van der Waals surface area (Å²) >= 11 is 9.64. The Bertz CT molecular complexity index is 844. The first kappa shape index (κ1) is 15.7. The second kappa shape index (κ2) is 6.00. The maximum atomic E-state index is 11.0. The number of carbonyl (C=O) groups is 1. The minimum absolute atomic E-state index is 0. The van der Waals surface area contributed by atoms with Gasteiger partial charge >= 0.3 is 35.5 Å². The van der Waals surface area contributed by atoms with E-state index in [1.54, 1.807) is 24.4 Å². The van der Waals surface area contributed by atoms with Gasteiger partial charge in [0.15, 0.2) is 0 Å². The van der Waals surface area contributed by atoms with E-state index in [0.717, 1.165) is 26.0 Å². The number of carboxylic acid groups (broad SMARTS) is 1. The molecule has 96 valence electrons. The molecule has 1 N–H and O–H groups in total. The SMILES string of the molecule is O=C(O)c1ccc2c(c1)cc(Br)c1ccnc(Cl)c12.[H-].[Na+]. The van der Waals surface area contributed by atoms with Crippen LogP contribution in [0, 0.1) is 0 Å². The maximum absolute atomic E-state index is 11.0. The Kier molecular flexibility index (Phi) is 4.72. The molecular formula is C14H8BrClNNaO2. The molecule has 0 bridgehead atoms. The largest absolute Gasteiger partial charge is 1.00 e. The molecule has 0 aliphatic carbocycles. The van der Waals surface area contributed by atoms with Gasteiger partial charge in [-0.1, -0.05) is 33.6 Å². The molecule has 0 amide bonds. The van der Waals surface area contributed by atoms with Gasteiger partial charge in [0.25, 0.3) is 0 Å². The summed E-state index contributed by atoms with van der Waals surface area (Å²) in [7, 11) is 0. The van der Waals surface area contributed by atoms with Crippen LogP contribution >= 0.6 is 27.5 Å². The Labute approximate surface area is 151 Å². The quantitative estimate of drug-likeness (QED) is 0.408. The predicted octanol–water partition coefficient (Wildman–Crippen LogP) is 1.62. The van der Waals surface area contributed by atoms with Crippen molar-refractivity contribution in [1.82, 2.24) is 4.98 Å². The summed E-state index contributed by atoms with van der Waals surface area (Å²) in [5.41, 5.74) is 0.249. The standard InChI is InChI=1S/C14H7BrClNO2.Na.H/c15-11-6-8-5-7(14(18)19)1-2-9(8)12-10(11)3-4-17-13(12)16;;/h1-6H,(H,18,19);;/q;+1;-1. The average Bonchev–Trinajstić information content (AvgIpc) is 2.38. The number of hydrogen-bond acceptors (Lipinski definition) is 2. The van der Waals surface area contributed by atoms with Crippen LogP contribution in [-0.4, -0.2) is 16.1 Å². The van der Waals surface area contributed by atoms with Crippen LogP contribution < -0.4 is 29.6 Å². The van der Waals surface area contributed by atoms with Crippen molar-refractivity contribution in [2.45, 2.75) is 0 Å². The van der Waals surface area contributed by atoms with Crippen molar-refractivity contribution < 1.29 is 40.9 Å². The van der Waals surface area contributed by atoms with Crippen molar-refractivity contribution in [3.8, 4) is 0 Å². The second-order valence-corrected chi connectivity index (χ2v) is 5.34. The van der Waals surface area contributed by atoms with Gasteiger partial charge in [0.1, 0.15) is 5.15 Å². The molecule has 0 unspecified atom stereocenters. The fourth-order valence-electron chi connectivity index (χ4n) is 2.15. The summed E-state index contributed by atoms with van der Waals surface area (Å²) in [5.74, 6) is -0.949. The van der Waals surface area contributed by atoms with Crippen molar-refractivity contribution >= 4 is 55.0 Å². The molecule has 0 radical (unpaired) electrons. The minimum Gasteiger partial charge on any atom is -1.00 e. The monoisotopic (exact) mass is 359 g/mol. The van der Waals surface area contributed by atoms with Gasteiger partial charge in [-0.15, -0.1) is 0 Å².